The highest BCUT2D eigenvalue weighted by Crippen LogP contribution is 2.30. The zero-order valence-corrected chi connectivity index (χ0v) is 13.0. The number of azo groups is 1. The molecule has 1 N–H and O–H groups in total. The number of hydrogen-bond acceptors (Lipinski definition) is 7. The van der Waals surface area contributed by atoms with Gasteiger partial charge in [0.25, 0.3) is 5.91 Å². The molecule has 3 rings (SSSR count). The standard InChI is InChI=1S/C14H13N5O3S/c1-22-7-12-17-19-14(23-12)15-11(20)6-10-8-4-2-3-5-9(8)13(21)18-16-10/h2-5,10H,6-7H2,1H3,(H,15,19,20). The molecule has 0 aliphatic carbocycles. The van der Waals surface area contributed by atoms with Crippen molar-refractivity contribution in [3.63, 3.8) is 0 Å². The predicted octanol–water partition coefficient (Wildman–Crippen LogP) is 2.36. The maximum absolute atomic E-state index is 12.1. The minimum atomic E-state index is -0.477. The number of carbonyl (C=O) groups excluding carboxylic acids is 2. The first kappa shape index (κ1) is 15.4. The lowest BCUT2D eigenvalue weighted by Gasteiger charge is -2.17. The Labute approximate surface area is 135 Å². The fourth-order valence-corrected chi connectivity index (χ4v) is 2.93. The summed E-state index contributed by atoms with van der Waals surface area (Å²) >= 11 is 1.25. The number of fused-ring (bicyclic) bond motifs is 1. The summed E-state index contributed by atoms with van der Waals surface area (Å²) in [5.41, 5.74) is 1.19. The van der Waals surface area contributed by atoms with E-state index in [4.69, 9.17) is 4.74 Å². The number of hydrogen-bond donors (Lipinski definition) is 1. The molecule has 2 aromatic rings. The summed E-state index contributed by atoms with van der Waals surface area (Å²) in [6.45, 7) is 0.347. The highest BCUT2D eigenvalue weighted by Gasteiger charge is 2.25. The van der Waals surface area contributed by atoms with Crippen LogP contribution in [0.3, 0.4) is 0 Å². The molecule has 1 aliphatic rings. The van der Waals surface area contributed by atoms with Crippen LogP contribution in [0.1, 0.15) is 33.4 Å². The Bertz CT molecular complexity index is 773. The normalized spacial score (nSPS) is 16.2. The van der Waals surface area contributed by atoms with Gasteiger partial charge in [0.1, 0.15) is 17.7 Å². The first-order chi connectivity index (χ1) is 11.2. The molecule has 1 aromatic heterocycles. The number of benzene rings is 1. The van der Waals surface area contributed by atoms with Gasteiger partial charge in [0.15, 0.2) is 0 Å². The zero-order chi connectivity index (χ0) is 16.2. The van der Waals surface area contributed by atoms with Crippen molar-refractivity contribution in [1.82, 2.24) is 10.2 Å². The van der Waals surface area contributed by atoms with E-state index in [1.807, 2.05) is 0 Å². The fraction of sp³-hybridized carbons (Fsp3) is 0.286. The minimum absolute atomic E-state index is 0.0764. The van der Waals surface area contributed by atoms with Crippen molar-refractivity contribution >= 4 is 28.3 Å². The van der Waals surface area contributed by atoms with Gasteiger partial charge in [-0.2, -0.15) is 5.11 Å². The average molecular weight is 331 g/mol. The van der Waals surface area contributed by atoms with Gasteiger partial charge in [0.2, 0.25) is 11.0 Å². The first-order valence-electron chi connectivity index (χ1n) is 6.82. The van der Waals surface area contributed by atoms with E-state index in [-0.39, 0.29) is 18.2 Å². The maximum Gasteiger partial charge on any atom is 0.295 e. The SMILES string of the molecule is COCc1nnc(NC(=O)CC2N=NC(=O)c3ccccc32)s1. The number of amides is 2. The molecule has 0 fully saturated rings. The minimum Gasteiger partial charge on any atom is -0.377 e. The van der Waals surface area contributed by atoms with Gasteiger partial charge in [0, 0.05) is 12.7 Å². The lowest BCUT2D eigenvalue weighted by Crippen LogP contribution is -2.18. The number of nitrogens with one attached hydrogen (secondary N) is 1. The van der Waals surface area contributed by atoms with Crippen molar-refractivity contribution in [3.05, 3.63) is 40.4 Å². The Morgan fingerprint density at radius 3 is 3.00 bits per heavy atom. The van der Waals surface area contributed by atoms with Crippen molar-refractivity contribution in [1.29, 1.82) is 0 Å². The molecule has 0 spiro atoms. The van der Waals surface area contributed by atoms with Crippen LogP contribution in [0.2, 0.25) is 0 Å². The van der Waals surface area contributed by atoms with Gasteiger partial charge in [-0.05, 0) is 11.6 Å². The van der Waals surface area contributed by atoms with Crippen LogP contribution < -0.4 is 5.32 Å². The van der Waals surface area contributed by atoms with Gasteiger partial charge in [-0.3, -0.25) is 9.59 Å². The smallest absolute Gasteiger partial charge is 0.295 e. The molecule has 23 heavy (non-hydrogen) atoms. The molecule has 0 radical (unpaired) electrons. The average Bonchev–Trinajstić information content (AvgIpc) is 2.98. The summed E-state index contributed by atoms with van der Waals surface area (Å²) in [7, 11) is 1.56. The van der Waals surface area contributed by atoms with Crippen LogP contribution in [0.4, 0.5) is 5.13 Å². The van der Waals surface area contributed by atoms with Gasteiger partial charge in [-0.15, -0.1) is 15.3 Å². The number of rotatable bonds is 5. The lowest BCUT2D eigenvalue weighted by atomic mass is 9.97. The molecule has 1 unspecified atom stereocenters. The Hall–Kier alpha value is -2.52. The van der Waals surface area contributed by atoms with Crippen molar-refractivity contribution in [2.45, 2.75) is 19.1 Å². The number of methoxy groups -OCH3 is 1. The molecule has 2 amide bonds. The number of ether oxygens (including phenoxy) is 1. The Kier molecular flexibility index (Phi) is 4.49. The summed E-state index contributed by atoms with van der Waals surface area (Å²) in [5.74, 6) is -0.649. The Morgan fingerprint density at radius 1 is 1.35 bits per heavy atom. The summed E-state index contributed by atoms with van der Waals surface area (Å²) in [4.78, 5) is 23.8. The number of anilines is 1. The van der Waals surface area contributed by atoms with E-state index in [1.165, 1.54) is 11.3 Å². The molecular formula is C14H13N5O3S. The summed E-state index contributed by atoms with van der Waals surface area (Å²) in [5, 5.41) is 19.1. The van der Waals surface area contributed by atoms with Crippen LogP contribution in [0, 0.1) is 0 Å². The highest BCUT2D eigenvalue weighted by atomic mass is 32.1. The number of nitrogens with zero attached hydrogens (tertiary/aromatic N) is 4. The highest BCUT2D eigenvalue weighted by molar-refractivity contribution is 7.15. The van der Waals surface area contributed by atoms with E-state index in [9.17, 15) is 9.59 Å². The molecule has 8 nitrogen and oxygen atoms in total. The molecule has 0 saturated carbocycles. The molecule has 1 atom stereocenters. The van der Waals surface area contributed by atoms with E-state index in [2.05, 4.69) is 25.7 Å². The largest absolute Gasteiger partial charge is 0.377 e. The zero-order valence-electron chi connectivity index (χ0n) is 12.2. The third-order valence-electron chi connectivity index (χ3n) is 3.20. The van der Waals surface area contributed by atoms with Crippen LogP contribution >= 0.6 is 11.3 Å². The van der Waals surface area contributed by atoms with Crippen LogP contribution in [0.5, 0.6) is 0 Å². The molecule has 118 valence electrons. The van der Waals surface area contributed by atoms with Crippen LogP contribution in [-0.2, 0) is 16.1 Å². The van der Waals surface area contributed by atoms with Gasteiger partial charge >= 0.3 is 0 Å². The fourth-order valence-electron chi connectivity index (χ4n) is 2.20. The molecule has 9 heteroatoms. The molecule has 1 aliphatic heterocycles. The predicted molar refractivity (Wildman–Crippen MR) is 82.2 cm³/mol. The van der Waals surface area contributed by atoms with Crippen molar-refractivity contribution < 1.29 is 14.3 Å². The van der Waals surface area contributed by atoms with Gasteiger partial charge < -0.3 is 10.1 Å². The van der Waals surface area contributed by atoms with Gasteiger partial charge in [-0.25, -0.2) is 0 Å². The second-order valence-electron chi connectivity index (χ2n) is 4.81. The van der Waals surface area contributed by atoms with Crippen LogP contribution in [0.25, 0.3) is 0 Å². The third-order valence-corrected chi connectivity index (χ3v) is 4.01. The summed E-state index contributed by atoms with van der Waals surface area (Å²) in [6, 6.07) is 6.55. The molecule has 0 bridgehead atoms. The van der Waals surface area contributed by atoms with Gasteiger partial charge in [-0.1, -0.05) is 29.5 Å². The Morgan fingerprint density at radius 2 is 2.17 bits per heavy atom. The topological polar surface area (TPSA) is 106 Å². The van der Waals surface area contributed by atoms with Gasteiger partial charge in [0.05, 0.1) is 6.42 Å². The second kappa shape index (κ2) is 6.71. The molecule has 0 saturated heterocycles. The van der Waals surface area contributed by atoms with Crippen molar-refractivity contribution in [2.24, 2.45) is 10.2 Å². The van der Waals surface area contributed by atoms with E-state index in [0.29, 0.717) is 27.9 Å². The molecular weight excluding hydrogens is 318 g/mol. The van der Waals surface area contributed by atoms with Crippen LogP contribution in [-0.4, -0.2) is 29.1 Å². The monoisotopic (exact) mass is 331 g/mol. The first-order valence-corrected chi connectivity index (χ1v) is 7.64. The molecule has 1 aromatic carbocycles. The second-order valence-corrected chi connectivity index (χ2v) is 5.87. The quantitative estimate of drug-likeness (QED) is 0.905. The van der Waals surface area contributed by atoms with E-state index in [1.54, 1.807) is 31.4 Å². The van der Waals surface area contributed by atoms with Crippen molar-refractivity contribution in [2.75, 3.05) is 12.4 Å². The summed E-state index contributed by atoms with van der Waals surface area (Å²) < 4.78 is 4.95. The summed E-state index contributed by atoms with van der Waals surface area (Å²) in [6.07, 6.45) is 0.0764. The maximum atomic E-state index is 12.1. The number of carbonyl (C=O) groups is 2. The van der Waals surface area contributed by atoms with E-state index < -0.39 is 6.04 Å². The number of aromatic nitrogens is 2. The lowest BCUT2D eigenvalue weighted by molar-refractivity contribution is -0.116. The Balaban J connectivity index is 1.68. The van der Waals surface area contributed by atoms with E-state index in [0.717, 1.165) is 0 Å². The van der Waals surface area contributed by atoms with Crippen LogP contribution in [0.15, 0.2) is 34.5 Å². The third kappa shape index (κ3) is 3.46. The molecule has 2 heterocycles. The van der Waals surface area contributed by atoms with E-state index >= 15 is 0 Å². The van der Waals surface area contributed by atoms with Crippen molar-refractivity contribution in [3.8, 4) is 0 Å².